The van der Waals surface area contributed by atoms with Crippen molar-refractivity contribution in [3.05, 3.63) is 70.8 Å². The first-order valence-electron chi connectivity index (χ1n) is 9.99. The van der Waals surface area contributed by atoms with E-state index in [1.165, 1.54) is 22.3 Å². The summed E-state index contributed by atoms with van der Waals surface area (Å²) in [6.07, 6.45) is 5.46. The summed E-state index contributed by atoms with van der Waals surface area (Å²) in [5.41, 5.74) is 5.31. The molecule has 146 valence electrons. The number of carboxylic acids is 1. The molecule has 4 rings (SSSR count). The molecule has 0 spiro atoms. The minimum absolute atomic E-state index is 0.0885. The van der Waals surface area contributed by atoms with E-state index in [4.69, 9.17) is 9.94 Å². The predicted octanol–water partition coefficient (Wildman–Crippen LogP) is 3.37. The number of benzene rings is 2. The zero-order valence-corrected chi connectivity index (χ0v) is 15.9. The average Bonchev–Trinajstić information content (AvgIpc) is 2.89. The third-order valence-electron chi connectivity index (χ3n) is 5.87. The lowest BCUT2D eigenvalue weighted by Gasteiger charge is -2.26. The second kappa shape index (κ2) is 8.57. The Morgan fingerprint density at radius 1 is 1.07 bits per heavy atom. The number of aryl methyl sites for hydroxylation is 2. The lowest BCUT2D eigenvalue weighted by atomic mass is 9.89. The van der Waals surface area contributed by atoms with Crippen molar-refractivity contribution < 1.29 is 14.7 Å². The van der Waals surface area contributed by atoms with Gasteiger partial charge < -0.3 is 15.3 Å². The Morgan fingerprint density at radius 3 is 2.29 bits per heavy atom. The molecular weight excluding hydrogens is 352 g/mol. The van der Waals surface area contributed by atoms with Crippen molar-refractivity contribution in [3.63, 3.8) is 0 Å². The molecular formula is C23H26N2O3. The van der Waals surface area contributed by atoms with Crippen LogP contribution < -0.4 is 5.32 Å². The Balaban J connectivity index is 1.43. The quantitative estimate of drug-likeness (QED) is 0.618. The summed E-state index contributed by atoms with van der Waals surface area (Å²) in [6.45, 7) is 0.954. The van der Waals surface area contributed by atoms with Crippen LogP contribution in [0.15, 0.2) is 53.7 Å². The van der Waals surface area contributed by atoms with Crippen molar-refractivity contribution in [3.8, 4) is 0 Å². The van der Waals surface area contributed by atoms with Gasteiger partial charge in [-0.15, -0.1) is 0 Å². The Hall–Kier alpha value is -2.66. The molecule has 0 saturated carbocycles. The summed E-state index contributed by atoms with van der Waals surface area (Å²) >= 11 is 0. The number of carbonyl (C=O) groups is 1. The normalized spacial score (nSPS) is 22.3. The van der Waals surface area contributed by atoms with Gasteiger partial charge in [0, 0.05) is 18.5 Å². The highest BCUT2D eigenvalue weighted by Crippen LogP contribution is 2.33. The van der Waals surface area contributed by atoms with E-state index < -0.39 is 5.97 Å². The highest BCUT2D eigenvalue weighted by Gasteiger charge is 2.26. The Bertz CT molecular complexity index is 809. The van der Waals surface area contributed by atoms with Gasteiger partial charge in [0.15, 0.2) is 0 Å². The molecule has 1 aliphatic carbocycles. The summed E-state index contributed by atoms with van der Waals surface area (Å²) < 4.78 is 0. The maximum absolute atomic E-state index is 11.0. The van der Waals surface area contributed by atoms with Gasteiger partial charge in [-0.05, 0) is 47.9 Å². The van der Waals surface area contributed by atoms with Gasteiger partial charge in [-0.3, -0.25) is 4.79 Å². The summed E-state index contributed by atoms with van der Waals surface area (Å²) in [6, 6.07) is 17.3. The van der Waals surface area contributed by atoms with Gasteiger partial charge in [-0.2, -0.15) is 0 Å². The minimum Gasteiger partial charge on any atom is -0.481 e. The lowest BCUT2D eigenvalue weighted by molar-refractivity contribution is -0.142. The molecule has 5 heteroatoms. The third kappa shape index (κ3) is 4.09. The second-order valence-electron chi connectivity index (χ2n) is 7.64. The third-order valence-corrected chi connectivity index (χ3v) is 5.87. The Kier molecular flexibility index (Phi) is 5.72. The lowest BCUT2D eigenvalue weighted by Crippen LogP contribution is -2.43. The zero-order valence-electron chi connectivity index (χ0n) is 15.9. The van der Waals surface area contributed by atoms with Crippen molar-refractivity contribution in [2.24, 2.45) is 11.1 Å². The fourth-order valence-corrected chi connectivity index (χ4v) is 4.23. The minimum atomic E-state index is -0.726. The van der Waals surface area contributed by atoms with Crippen molar-refractivity contribution in [1.29, 1.82) is 0 Å². The number of nitrogens with one attached hydrogen (secondary N) is 1. The monoisotopic (exact) mass is 378 g/mol. The van der Waals surface area contributed by atoms with Gasteiger partial charge in [0.25, 0.3) is 0 Å². The summed E-state index contributed by atoms with van der Waals surface area (Å²) in [5.74, 6) is -0.931. The number of carboxylic acid groups (broad SMARTS) is 1. The molecule has 0 amide bonds. The predicted molar refractivity (Wildman–Crippen MR) is 109 cm³/mol. The van der Waals surface area contributed by atoms with Crippen LogP contribution in [0.2, 0.25) is 0 Å². The van der Waals surface area contributed by atoms with Crippen molar-refractivity contribution in [1.82, 2.24) is 5.32 Å². The van der Waals surface area contributed by atoms with Gasteiger partial charge >= 0.3 is 5.97 Å². The number of fused-ring (bicyclic) bond motifs is 2. The van der Waals surface area contributed by atoms with E-state index in [0.29, 0.717) is 19.6 Å². The van der Waals surface area contributed by atoms with Gasteiger partial charge in [-0.25, -0.2) is 0 Å². The number of aliphatic carboxylic acids is 1. The van der Waals surface area contributed by atoms with Crippen LogP contribution in [0.3, 0.4) is 0 Å². The molecule has 0 bridgehead atoms. The van der Waals surface area contributed by atoms with E-state index >= 15 is 0 Å². The van der Waals surface area contributed by atoms with Gasteiger partial charge in [-0.1, -0.05) is 53.7 Å². The van der Waals surface area contributed by atoms with E-state index in [9.17, 15) is 4.79 Å². The highest BCUT2D eigenvalue weighted by molar-refractivity contribution is 5.75. The fraction of sp³-hybridized carbons (Fsp3) is 0.391. The van der Waals surface area contributed by atoms with E-state index in [0.717, 1.165) is 19.3 Å². The molecule has 0 radical (unpaired) electrons. The van der Waals surface area contributed by atoms with E-state index in [-0.39, 0.29) is 17.9 Å². The van der Waals surface area contributed by atoms with Crippen LogP contribution in [0.4, 0.5) is 0 Å². The molecule has 5 nitrogen and oxygen atoms in total. The number of hydrogen-bond acceptors (Lipinski definition) is 4. The first kappa shape index (κ1) is 18.7. The molecule has 1 heterocycles. The molecule has 0 aromatic heterocycles. The molecule has 0 unspecified atom stereocenters. The number of nitrogens with zero attached hydrogens (tertiary/aromatic N) is 1. The molecule has 2 atom stereocenters. The van der Waals surface area contributed by atoms with Crippen LogP contribution in [-0.2, 0) is 22.5 Å². The van der Waals surface area contributed by atoms with E-state index in [1.807, 2.05) is 6.21 Å². The molecule has 1 aliphatic heterocycles. The molecule has 2 aromatic carbocycles. The van der Waals surface area contributed by atoms with Gasteiger partial charge in [0.1, 0.15) is 6.61 Å². The molecule has 1 saturated heterocycles. The van der Waals surface area contributed by atoms with Gasteiger partial charge in [0.2, 0.25) is 0 Å². The van der Waals surface area contributed by atoms with Crippen molar-refractivity contribution >= 4 is 12.2 Å². The van der Waals surface area contributed by atoms with Crippen LogP contribution in [0, 0.1) is 5.92 Å². The van der Waals surface area contributed by atoms with Gasteiger partial charge in [0.05, 0.1) is 12.1 Å². The fourth-order valence-electron chi connectivity index (χ4n) is 4.23. The van der Waals surface area contributed by atoms with Crippen LogP contribution >= 0.6 is 0 Å². The SMILES string of the molecule is O=C(O)[C@@H]1CC[C@@H](CO/N=C/C2c3ccccc3CCc3ccccc32)NC1. The number of piperidine rings is 1. The van der Waals surface area contributed by atoms with Crippen molar-refractivity contribution in [2.75, 3.05) is 13.2 Å². The maximum atomic E-state index is 11.0. The molecule has 2 aliphatic rings. The van der Waals surface area contributed by atoms with Crippen LogP contribution in [-0.4, -0.2) is 36.5 Å². The largest absolute Gasteiger partial charge is 0.481 e. The molecule has 2 N–H and O–H groups in total. The highest BCUT2D eigenvalue weighted by atomic mass is 16.6. The maximum Gasteiger partial charge on any atom is 0.307 e. The first-order chi connectivity index (χ1) is 13.7. The molecule has 1 fully saturated rings. The van der Waals surface area contributed by atoms with E-state index in [1.54, 1.807) is 0 Å². The van der Waals surface area contributed by atoms with Crippen LogP contribution in [0.25, 0.3) is 0 Å². The molecule has 28 heavy (non-hydrogen) atoms. The zero-order chi connectivity index (χ0) is 19.3. The summed E-state index contributed by atoms with van der Waals surface area (Å²) in [7, 11) is 0. The smallest absolute Gasteiger partial charge is 0.307 e. The van der Waals surface area contributed by atoms with Crippen molar-refractivity contribution in [2.45, 2.75) is 37.6 Å². The van der Waals surface area contributed by atoms with E-state index in [2.05, 4.69) is 59.0 Å². The number of oxime groups is 1. The number of rotatable bonds is 5. The first-order valence-corrected chi connectivity index (χ1v) is 9.99. The Morgan fingerprint density at radius 2 is 1.71 bits per heavy atom. The molecule has 2 aromatic rings. The summed E-state index contributed by atoms with van der Waals surface area (Å²) in [4.78, 5) is 16.6. The van der Waals surface area contributed by atoms with Crippen LogP contribution in [0.1, 0.15) is 41.0 Å². The average molecular weight is 378 g/mol. The Labute approximate surface area is 165 Å². The number of hydrogen-bond donors (Lipinski definition) is 2. The summed E-state index contributed by atoms with van der Waals surface area (Å²) in [5, 5.41) is 16.6. The standard InChI is InChI=1S/C23H26N2O3/c26-23(27)18-11-12-19(24-13-18)15-28-25-14-22-20-7-3-1-5-16(20)9-10-17-6-2-4-8-21(17)22/h1-8,14,18-19,22,24H,9-13,15H2,(H,26,27)/b25-14+/t18-,19+/m1/s1. The topological polar surface area (TPSA) is 70.9 Å². The second-order valence-corrected chi connectivity index (χ2v) is 7.64. The van der Waals surface area contributed by atoms with Crippen LogP contribution in [0.5, 0.6) is 0 Å².